The molecule has 0 saturated heterocycles. The molecule has 0 bridgehead atoms. The molecule has 2 aromatic carbocycles. The summed E-state index contributed by atoms with van der Waals surface area (Å²) < 4.78 is 2.07. The second-order valence-electron chi connectivity index (χ2n) is 6.72. The molecular formula is C22H19N5O2S. The molecule has 0 atom stereocenters. The SMILES string of the molecule is Cc1c(CSc2nnc(-c3ccncc3)n2Cc2ccccc2)cccc1[N+](=O)[O-]. The van der Waals surface area contributed by atoms with E-state index in [-0.39, 0.29) is 10.6 Å². The van der Waals surface area contributed by atoms with Crippen LogP contribution in [-0.2, 0) is 12.3 Å². The molecule has 0 radical (unpaired) electrons. The Hall–Kier alpha value is -3.52. The second kappa shape index (κ2) is 8.87. The van der Waals surface area contributed by atoms with Crippen molar-refractivity contribution in [1.82, 2.24) is 19.7 Å². The van der Waals surface area contributed by atoms with Crippen molar-refractivity contribution in [3.8, 4) is 11.4 Å². The van der Waals surface area contributed by atoms with Crippen LogP contribution in [0.25, 0.3) is 11.4 Å². The van der Waals surface area contributed by atoms with Crippen molar-refractivity contribution in [2.75, 3.05) is 0 Å². The van der Waals surface area contributed by atoms with Crippen molar-refractivity contribution in [3.05, 3.63) is 99.9 Å². The number of rotatable bonds is 7. The fraction of sp³-hybridized carbons (Fsp3) is 0.136. The molecule has 30 heavy (non-hydrogen) atoms. The van der Waals surface area contributed by atoms with Gasteiger partial charge in [0.25, 0.3) is 5.69 Å². The Morgan fingerprint density at radius 2 is 1.77 bits per heavy atom. The van der Waals surface area contributed by atoms with Crippen molar-refractivity contribution < 1.29 is 4.92 Å². The molecule has 0 aliphatic rings. The lowest BCUT2D eigenvalue weighted by Gasteiger charge is -2.11. The number of benzene rings is 2. The van der Waals surface area contributed by atoms with E-state index in [0.29, 0.717) is 17.9 Å². The zero-order valence-corrected chi connectivity index (χ0v) is 17.1. The molecular weight excluding hydrogens is 398 g/mol. The van der Waals surface area contributed by atoms with Crippen LogP contribution in [0.4, 0.5) is 5.69 Å². The van der Waals surface area contributed by atoms with E-state index in [2.05, 4.69) is 31.9 Å². The van der Waals surface area contributed by atoms with E-state index < -0.39 is 0 Å². The first-order valence-corrected chi connectivity index (χ1v) is 10.4. The van der Waals surface area contributed by atoms with E-state index in [4.69, 9.17) is 0 Å². The summed E-state index contributed by atoms with van der Waals surface area (Å²) in [4.78, 5) is 15.0. The van der Waals surface area contributed by atoms with Gasteiger partial charge >= 0.3 is 0 Å². The monoisotopic (exact) mass is 417 g/mol. The molecule has 4 aromatic rings. The lowest BCUT2D eigenvalue weighted by Crippen LogP contribution is -2.04. The first-order chi connectivity index (χ1) is 14.6. The molecule has 0 N–H and O–H groups in total. The van der Waals surface area contributed by atoms with Crippen LogP contribution in [0, 0.1) is 17.0 Å². The Morgan fingerprint density at radius 3 is 2.50 bits per heavy atom. The third-order valence-corrected chi connectivity index (χ3v) is 5.83. The lowest BCUT2D eigenvalue weighted by molar-refractivity contribution is -0.385. The quantitative estimate of drug-likeness (QED) is 0.242. The molecule has 0 aliphatic heterocycles. The summed E-state index contributed by atoms with van der Waals surface area (Å²) >= 11 is 1.52. The fourth-order valence-corrected chi connectivity index (χ4v) is 4.19. The third-order valence-electron chi connectivity index (χ3n) is 4.81. The summed E-state index contributed by atoms with van der Waals surface area (Å²) in [5.41, 5.74) is 3.80. The van der Waals surface area contributed by atoms with Gasteiger partial charge < -0.3 is 0 Å². The van der Waals surface area contributed by atoms with Gasteiger partial charge in [0.15, 0.2) is 11.0 Å². The Kier molecular flexibility index (Phi) is 5.85. The average molecular weight is 417 g/mol. The van der Waals surface area contributed by atoms with Gasteiger partial charge in [-0.2, -0.15) is 0 Å². The van der Waals surface area contributed by atoms with Crippen LogP contribution < -0.4 is 0 Å². The van der Waals surface area contributed by atoms with Crippen molar-refractivity contribution in [3.63, 3.8) is 0 Å². The van der Waals surface area contributed by atoms with Crippen LogP contribution in [0.3, 0.4) is 0 Å². The minimum atomic E-state index is -0.344. The first kappa shape index (κ1) is 19.8. The highest BCUT2D eigenvalue weighted by atomic mass is 32.2. The number of aromatic nitrogens is 4. The van der Waals surface area contributed by atoms with Crippen molar-refractivity contribution >= 4 is 17.4 Å². The maximum absolute atomic E-state index is 11.2. The number of nitro groups is 1. The van der Waals surface area contributed by atoms with Gasteiger partial charge in [0.05, 0.1) is 11.5 Å². The second-order valence-corrected chi connectivity index (χ2v) is 7.66. The highest BCUT2D eigenvalue weighted by Crippen LogP contribution is 2.30. The summed E-state index contributed by atoms with van der Waals surface area (Å²) in [5.74, 6) is 1.33. The Labute approximate surface area is 178 Å². The number of pyridine rings is 1. The maximum atomic E-state index is 11.2. The number of thioether (sulfide) groups is 1. The molecule has 2 aromatic heterocycles. The molecule has 0 unspecified atom stereocenters. The van der Waals surface area contributed by atoms with Crippen LogP contribution >= 0.6 is 11.8 Å². The highest BCUT2D eigenvalue weighted by Gasteiger charge is 2.17. The van der Waals surface area contributed by atoms with Crippen molar-refractivity contribution in [2.24, 2.45) is 0 Å². The highest BCUT2D eigenvalue weighted by molar-refractivity contribution is 7.98. The number of nitro benzene ring substituents is 1. The van der Waals surface area contributed by atoms with E-state index in [1.165, 1.54) is 17.8 Å². The van der Waals surface area contributed by atoms with Gasteiger partial charge in [0.1, 0.15) is 0 Å². The maximum Gasteiger partial charge on any atom is 0.272 e. The zero-order valence-electron chi connectivity index (χ0n) is 16.3. The predicted octanol–water partition coefficient (Wildman–Crippen LogP) is 4.90. The Bertz CT molecular complexity index is 1160. The Morgan fingerprint density at radius 1 is 1.00 bits per heavy atom. The van der Waals surface area contributed by atoms with Gasteiger partial charge in [-0.15, -0.1) is 10.2 Å². The van der Waals surface area contributed by atoms with E-state index in [1.54, 1.807) is 25.4 Å². The lowest BCUT2D eigenvalue weighted by atomic mass is 10.1. The van der Waals surface area contributed by atoms with Crippen LogP contribution in [0.15, 0.2) is 78.2 Å². The average Bonchev–Trinajstić information content (AvgIpc) is 3.16. The van der Waals surface area contributed by atoms with Gasteiger partial charge in [0, 0.05) is 35.3 Å². The van der Waals surface area contributed by atoms with Gasteiger partial charge in [-0.3, -0.25) is 19.7 Å². The van der Waals surface area contributed by atoms with Crippen LogP contribution in [0.5, 0.6) is 0 Å². The van der Waals surface area contributed by atoms with Crippen LogP contribution in [0.1, 0.15) is 16.7 Å². The smallest absolute Gasteiger partial charge is 0.272 e. The largest absolute Gasteiger partial charge is 0.298 e. The normalized spacial score (nSPS) is 10.8. The fourth-order valence-electron chi connectivity index (χ4n) is 3.18. The van der Waals surface area contributed by atoms with E-state index >= 15 is 0 Å². The number of nitrogens with zero attached hydrogens (tertiary/aromatic N) is 5. The minimum absolute atomic E-state index is 0.135. The van der Waals surface area contributed by atoms with Gasteiger partial charge in [-0.25, -0.2) is 0 Å². The molecule has 7 nitrogen and oxygen atoms in total. The van der Waals surface area contributed by atoms with Gasteiger partial charge in [0.2, 0.25) is 0 Å². The molecule has 0 amide bonds. The van der Waals surface area contributed by atoms with E-state index in [9.17, 15) is 10.1 Å². The summed E-state index contributed by atoms with van der Waals surface area (Å²) in [6.45, 7) is 2.41. The summed E-state index contributed by atoms with van der Waals surface area (Å²) in [5, 5.41) is 20.8. The summed E-state index contributed by atoms with van der Waals surface area (Å²) in [6.07, 6.45) is 3.46. The molecule has 0 fully saturated rings. The number of hydrogen-bond acceptors (Lipinski definition) is 6. The van der Waals surface area contributed by atoms with Gasteiger partial charge in [-0.1, -0.05) is 54.2 Å². The molecule has 0 spiro atoms. The van der Waals surface area contributed by atoms with Crippen molar-refractivity contribution in [2.45, 2.75) is 24.4 Å². The standard InChI is InChI=1S/C22H19N5O2S/c1-16-19(8-5-9-20(16)27(28)29)15-30-22-25-24-21(18-10-12-23-13-11-18)26(22)14-17-6-3-2-4-7-17/h2-13H,14-15H2,1H3. The molecule has 8 heteroatoms. The molecule has 4 rings (SSSR count). The third kappa shape index (κ3) is 4.23. The summed E-state index contributed by atoms with van der Waals surface area (Å²) in [6, 6.07) is 19.1. The predicted molar refractivity (Wildman–Crippen MR) is 116 cm³/mol. The van der Waals surface area contributed by atoms with Crippen LogP contribution in [-0.4, -0.2) is 24.7 Å². The molecule has 0 saturated carbocycles. The van der Waals surface area contributed by atoms with Crippen molar-refractivity contribution in [1.29, 1.82) is 0 Å². The number of hydrogen-bond donors (Lipinski definition) is 0. The van der Waals surface area contributed by atoms with Gasteiger partial charge in [-0.05, 0) is 30.2 Å². The minimum Gasteiger partial charge on any atom is -0.298 e. The van der Waals surface area contributed by atoms with E-state index in [1.807, 2.05) is 36.4 Å². The summed E-state index contributed by atoms with van der Waals surface area (Å²) in [7, 11) is 0. The Balaban J connectivity index is 1.66. The topological polar surface area (TPSA) is 86.7 Å². The van der Waals surface area contributed by atoms with Crippen LogP contribution in [0.2, 0.25) is 0 Å². The zero-order chi connectivity index (χ0) is 20.9. The molecule has 2 heterocycles. The van der Waals surface area contributed by atoms with E-state index in [0.717, 1.165) is 27.7 Å². The molecule has 0 aliphatic carbocycles. The molecule has 150 valence electrons. The first-order valence-electron chi connectivity index (χ1n) is 9.36.